The molecule has 0 N–H and O–H groups in total. The molecule has 4 rings (SSSR count). The standard InChI is InChI=1S/C22H26N2O/c1-22(2,3)17-10-8-16(9-11-17)21-23-19-6-4-5-7-20(19)24(21)18-12-14-25-15-13-18/h4-11,18H,12-15H2,1-3H3. The molecule has 3 aromatic rings. The lowest BCUT2D eigenvalue weighted by molar-refractivity contribution is 0.0710. The first-order valence-electron chi connectivity index (χ1n) is 9.20. The second-order valence-corrected chi connectivity index (χ2v) is 7.97. The number of hydrogen-bond acceptors (Lipinski definition) is 2. The molecule has 0 atom stereocenters. The molecular weight excluding hydrogens is 308 g/mol. The van der Waals surface area contributed by atoms with Crippen LogP contribution in [0, 0.1) is 0 Å². The third-order valence-corrected chi connectivity index (χ3v) is 5.16. The van der Waals surface area contributed by atoms with E-state index < -0.39 is 0 Å². The number of nitrogens with zero attached hydrogens (tertiary/aromatic N) is 2. The highest BCUT2D eigenvalue weighted by molar-refractivity contribution is 5.81. The van der Waals surface area contributed by atoms with Crippen LogP contribution in [0.2, 0.25) is 0 Å². The van der Waals surface area contributed by atoms with Crippen LogP contribution < -0.4 is 0 Å². The summed E-state index contributed by atoms with van der Waals surface area (Å²) in [6.07, 6.45) is 2.10. The van der Waals surface area contributed by atoms with Gasteiger partial charge in [-0.2, -0.15) is 0 Å². The van der Waals surface area contributed by atoms with Gasteiger partial charge in [0.05, 0.1) is 11.0 Å². The normalized spacial score (nSPS) is 16.4. The molecule has 0 unspecified atom stereocenters. The molecule has 1 aliphatic rings. The Balaban J connectivity index is 1.83. The quantitative estimate of drug-likeness (QED) is 0.631. The van der Waals surface area contributed by atoms with E-state index in [1.165, 1.54) is 16.6 Å². The van der Waals surface area contributed by atoms with Crippen LogP contribution in [0.25, 0.3) is 22.4 Å². The number of hydrogen-bond donors (Lipinski definition) is 0. The van der Waals surface area contributed by atoms with Crippen molar-refractivity contribution in [1.82, 2.24) is 9.55 Å². The molecule has 0 bridgehead atoms. The Labute approximate surface area is 149 Å². The van der Waals surface area contributed by atoms with Crippen molar-refractivity contribution < 1.29 is 4.74 Å². The number of rotatable bonds is 2. The molecule has 0 spiro atoms. The Kier molecular flexibility index (Phi) is 4.12. The van der Waals surface area contributed by atoms with E-state index in [1.807, 2.05) is 0 Å². The maximum atomic E-state index is 5.57. The molecule has 0 radical (unpaired) electrons. The summed E-state index contributed by atoms with van der Waals surface area (Å²) in [6, 6.07) is 17.8. The second-order valence-electron chi connectivity index (χ2n) is 7.97. The molecule has 1 aliphatic heterocycles. The van der Waals surface area contributed by atoms with E-state index in [-0.39, 0.29) is 5.41 Å². The third-order valence-electron chi connectivity index (χ3n) is 5.16. The zero-order valence-corrected chi connectivity index (χ0v) is 15.3. The number of para-hydroxylation sites is 2. The van der Waals surface area contributed by atoms with Crippen molar-refractivity contribution in [2.45, 2.75) is 45.1 Å². The van der Waals surface area contributed by atoms with Crippen LogP contribution in [0.4, 0.5) is 0 Å². The zero-order chi connectivity index (χ0) is 17.4. The van der Waals surface area contributed by atoms with Crippen LogP contribution in [-0.2, 0) is 10.2 Å². The smallest absolute Gasteiger partial charge is 0.141 e. The van der Waals surface area contributed by atoms with Crippen LogP contribution in [0.5, 0.6) is 0 Å². The van der Waals surface area contributed by atoms with Crippen molar-refractivity contribution in [1.29, 1.82) is 0 Å². The Bertz CT molecular complexity index is 865. The van der Waals surface area contributed by atoms with Crippen molar-refractivity contribution in [2.75, 3.05) is 13.2 Å². The van der Waals surface area contributed by atoms with Crippen molar-refractivity contribution in [2.24, 2.45) is 0 Å². The van der Waals surface area contributed by atoms with Gasteiger partial charge in [0.1, 0.15) is 5.82 Å². The van der Waals surface area contributed by atoms with Crippen molar-refractivity contribution in [3.63, 3.8) is 0 Å². The predicted molar refractivity (Wildman–Crippen MR) is 103 cm³/mol. The fourth-order valence-electron chi connectivity index (χ4n) is 3.68. The Morgan fingerprint density at radius 3 is 2.32 bits per heavy atom. The molecule has 3 heteroatoms. The van der Waals surface area contributed by atoms with E-state index in [4.69, 9.17) is 9.72 Å². The summed E-state index contributed by atoms with van der Waals surface area (Å²) in [4.78, 5) is 4.97. The third kappa shape index (κ3) is 3.09. The van der Waals surface area contributed by atoms with Crippen molar-refractivity contribution in [3.8, 4) is 11.4 Å². The molecule has 1 saturated heterocycles. The lowest BCUT2D eigenvalue weighted by Gasteiger charge is -2.26. The van der Waals surface area contributed by atoms with E-state index in [0.29, 0.717) is 6.04 Å². The average Bonchev–Trinajstić information content (AvgIpc) is 3.01. The molecule has 0 saturated carbocycles. The lowest BCUT2D eigenvalue weighted by atomic mass is 9.86. The second kappa shape index (κ2) is 6.30. The van der Waals surface area contributed by atoms with Crippen molar-refractivity contribution >= 4 is 11.0 Å². The first kappa shape index (κ1) is 16.3. The highest BCUT2D eigenvalue weighted by atomic mass is 16.5. The summed E-state index contributed by atoms with van der Waals surface area (Å²) in [5, 5.41) is 0. The van der Waals surface area contributed by atoms with Gasteiger partial charge >= 0.3 is 0 Å². The van der Waals surface area contributed by atoms with E-state index >= 15 is 0 Å². The minimum absolute atomic E-state index is 0.166. The average molecular weight is 334 g/mol. The maximum Gasteiger partial charge on any atom is 0.141 e. The molecule has 25 heavy (non-hydrogen) atoms. The molecule has 0 aliphatic carbocycles. The van der Waals surface area contributed by atoms with Crippen LogP contribution >= 0.6 is 0 Å². The van der Waals surface area contributed by atoms with Crippen molar-refractivity contribution in [3.05, 3.63) is 54.1 Å². The summed E-state index contributed by atoms with van der Waals surface area (Å²) in [6.45, 7) is 8.41. The minimum atomic E-state index is 0.166. The highest BCUT2D eigenvalue weighted by Gasteiger charge is 2.22. The first-order valence-corrected chi connectivity index (χ1v) is 9.20. The maximum absolute atomic E-state index is 5.57. The number of aromatic nitrogens is 2. The van der Waals surface area contributed by atoms with Gasteiger partial charge in [-0.15, -0.1) is 0 Å². The molecular formula is C22H26N2O. The Morgan fingerprint density at radius 1 is 0.960 bits per heavy atom. The summed E-state index contributed by atoms with van der Waals surface area (Å²) in [5.74, 6) is 1.08. The SMILES string of the molecule is CC(C)(C)c1ccc(-c2nc3ccccc3n2C2CCOCC2)cc1. The molecule has 2 aromatic carbocycles. The monoisotopic (exact) mass is 334 g/mol. The lowest BCUT2D eigenvalue weighted by Crippen LogP contribution is -2.20. The fourth-order valence-corrected chi connectivity index (χ4v) is 3.68. The van der Waals surface area contributed by atoms with Crippen LogP contribution in [0.3, 0.4) is 0 Å². The van der Waals surface area contributed by atoms with Gasteiger partial charge in [-0.25, -0.2) is 4.98 Å². The molecule has 130 valence electrons. The van der Waals surface area contributed by atoms with Crippen LogP contribution in [0.1, 0.15) is 45.2 Å². The number of fused-ring (bicyclic) bond motifs is 1. The molecule has 1 fully saturated rings. The van der Waals surface area contributed by atoms with Gasteiger partial charge in [-0.1, -0.05) is 57.2 Å². The molecule has 0 amide bonds. The number of ether oxygens (including phenoxy) is 1. The summed E-state index contributed by atoms with van der Waals surface area (Å²) in [5.41, 5.74) is 5.01. The molecule has 2 heterocycles. The van der Waals surface area contributed by atoms with E-state index in [2.05, 4.69) is 73.9 Å². The van der Waals surface area contributed by atoms with Gasteiger partial charge in [0.2, 0.25) is 0 Å². The van der Waals surface area contributed by atoms with E-state index in [9.17, 15) is 0 Å². The van der Waals surface area contributed by atoms with Crippen LogP contribution in [0.15, 0.2) is 48.5 Å². The minimum Gasteiger partial charge on any atom is -0.381 e. The summed E-state index contributed by atoms with van der Waals surface area (Å²) < 4.78 is 8.01. The van der Waals surface area contributed by atoms with E-state index in [1.54, 1.807) is 0 Å². The Hall–Kier alpha value is -2.13. The number of imidazole rings is 1. The molecule has 1 aromatic heterocycles. The van der Waals surface area contributed by atoms with Gasteiger partial charge in [-0.3, -0.25) is 0 Å². The largest absolute Gasteiger partial charge is 0.381 e. The van der Waals surface area contributed by atoms with Gasteiger partial charge in [0, 0.05) is 24.8 Å². The highest BCUT2D eigenvalue weighted by Crippen LogP contribution is 2.33. The van der Waals surface area contributed by atoms with Gasteiger partial charge in [-0.05, 0) is 36.0 Å². The van der Waals surface area contributed by atoms with Crippen LogP contribution in [-0.4, -0.2) is 22.8 Å². The predicted octanol–water partition coefficient (Wildman–Crippen LogP) is 5.35. The topological polar surface area (TPSA) is 27.1 Å². The fraction of sp³-hybridized carbons (Fsp3) is 0.409. The van der Waals surface area contributed by atoms with E-state index in [0.717, 1.165) is 37.4 Å². The zero-order valence-electron chi connectivity index (χ0n) is 15.3. The van der Waals surface area contributed by atoms with Gasteiger partial charge in [0.25, 0.3) is 0 Å². The summed E-state index contributed by atoms with van der Waals surface area (Å²) >= 11 is 0. The molecule has 3 nitrogen and oxygen atoms in total. The van der Waals surface area contributed by atoms with Gasteiger partial charge < -0.3 is 9.30 Å². The van der Waals surface area contributed by atoms with Gasteiger partial charge in [0.15, 0.2) is 0 Å². The Morgan fingerprint density at radius 2 is 1.64 bits per heavy atom. The number of benzene rings is 2. The first-order chi connectivity index (χ1) is 12.0. The summed E-state index contributed by atoms with van der Waals surface area (Å²) in [7, 11) is 0.